The van der Waals surface area contributed by atoms with E-state index in [9.17, 15) is 0 Å². The zero-order chi connectivity index (χ0) is 13.2. The molecule has 2 N–H and O–H groups in total. The van der Waals surface area contributed by atoms with Gasteiger partial charge < -0.3 is 10.5 Å². The highest BCUT2D eigenvalue weighted by Crippen LogP contribution is 2.34. The summed E-state index contributed by atoms with van der Waals surface area (Å²) in [5, 5.41) is 0.386. The first-order valence-electron chi connectivity index (χ1n) is 6.26. The SMILES string of the molecule is Nc1ncc(Cl)c(OC2CCCc3ccccc32)n1. The fraction of sp³-hybridized carbons (Fsp3) is 0.286. The third-order valence-electron chi connectivity index (χ3n) is 3.30. The molecular weight excluding hydrogens is 262 g/mol. The van der Waals surface area contributed by atoms with E-state index < -0.39 is 0 Å². The quantitative estimate of drug-likeness (QED) is 0.914. The molecule has 1 unspecified atom stereocenters. The third kappa shape index (κ3) is 2.49. The molecule has 1 aliphatic rings. The van der Waals surface area contributed by atoms with Crippen LogP contribution in [0.5, 0.6) is 5.88 Å². The summed E-state index contributed by atoms with van der Waals surface area (Å²) in [6.07, 6.45) is 4.59. The number of anilines is 1. The molecule has 0 saturated heterocycles. The van der Waals surface area contributed by atoms with E-state index in [4.69, 9.17) is 22.1 Å². The molecule has 0 bridgehead atoms. The lowest BCUT2D eigenvalue weighted by atomic mass is 9.89. The van der Waals surface area contributed by atoms with Crippen molar-refractivity contribution in [2.75, 3.05) is 5.73 Å². The maximum Gasteiger partial charge on any atom is 0.238 e. The first-order chi connectivity index (χ1) is 9.24. The lowest BCUT2D eigenvalue weighted by Crippen LogP contribution is -2.16. The molecule has 3 rings (SSSR count). The maximum atomic E-state index is 6.04. The van der Waals surface area contributed by atoms with Crippen molar-refractivity contribution in [1.82, 2.24) is 9.97 Å². The molecular formula is C14H14ClN3O. The van der Waals surface area contributed by atoms with Crippen LogP contribution >= 0.6 is 11.6 Å². The van der Waals surface area contributed by atoms with Crippen molar-refractivity contribution in [2.45, 2.75) is 25.4 Å². The van der Waals surface area contributed by atoms with Gasteiger partial charge in [0, 0.05) is 0 Å². The Morgan fingerprint density at radius 2 is 2.16 bits per heavy atom. The summed E-state index contributed by atoms with van der Waals surface area (Å²) >= 11 is 6.04. The molecule has 0 radical (unpaired) electrons. The van der Waals surface area contributed by atoms with Gasteiger partial charge in [0.2, 0.25) is 11.8 Å². The standard InChI is InChI=1S/C14H14ClN3O/c15-11-8-17-14(16)18-13(11)19-12-7-3-5-9-4-1-2-6-10(9)12/h1-2,4,6,8,12H,3,5,7H2,(H2,16,17,18). The van der Waals surface area contributed by atoms with Gasteiger partial charge in [-0.15, -0.1) is 0 Å². The molecule has 1 atom stereocenters. The summed E-state index contributed by atoms with van der Waals surface area (Å²) < 4.78 is 5.93. The summed E-state index contributed by atoms with van der Waals surface area (Å²) in [5.74, 6) is 0.527. The normalized spacial score (nSPS) is 17.8. The minimum absolute atomic E-state index is 0.0169. The lowest BCUT2D eigenvalue weighted by Gasteiger charge is -2.26. The predicted molar refractivity (Wildman–Crippen MR) is 74.2 cm³/mol. The van der Waals surface area contributed by atoms with Gasteiger partial charge in [0.15, 0.2) is 0 Å². The average molecular weight is 276 g/mol. The van der Waals surface area contributed by atoms with Crippen LogP contribution in [-0.2, 0) is 6.42 Å². The number of hydrogen-bond donors (Lipinski definition) is 1. The van der Waals surface area contributed by atoms with Gasteiger partial charge in [0.1, 0.15) is 11.1 Å². The van der Waals surface area contributed by atoms with Crippen molar-refractivity contribution in [2.24, 2.45) is 0 Å². The molecule has 2 aromatic rings. The van der Waals surface area contributed by atoms with Crippen molar-refractivity contribution < 1.29 is 4.74 Å². The van der Waals surface area contributed by atoms with E-state index in [0.717, 1.165) is 19.3 Å². The van der Waals surface area contributed by atoms with Gasteiger partial charge in [0.05, 0.1) is 6.20 Å². The molecule has 1 heterocycles. The molecule has 0 fully saturated rings. The topological polar surface area (TPSA) is 61.0 Å². The van der Waals surface area contributed by atoms with Crippen LogP contribution in [0.25, 0.3) is 0 Å². The van der Waals surface area contributed by atoms with Crippen molar-refractivity contribution in [1.29, 1.82) is 0 Å². The highest BCUT2D eigenvalue weighted by Gasteiger charge is 2.22. The minimum atomic E-state index is -0.0169. The smallest absolute Gasteiger partial charge is 0.238 e. The molecule has 0 amide bonds. The lowest BCUT2D eigenvalue weighted by molar-refractivity contribution is 0.176. The van der Waals surface area contributed by atoms with Gasteiger partial charge in [-0.05, 0) is 30.4 Å². The summed E-state index contributed by atoms with van der Waals surface area (Å²) in [5.41, 5.74) is 8.11. The van der Waals surface area contributed by atoms with E-state index in [1.807, 2.05) is 6.07 Å². The molecule has 98 valence electrons. The molecule has 5 heteroatoms. The van der Waals surface area contributed by atoms with Gasteiger partial charge in [-0.25, -0.2) is 4.98 Å². The predicted octanol–water partition coefficient (Wildman–Crippen LogP) is 3.17. The maximum absolute atomic E-state index is 6.04. The first kappa shape index (κ1) is 12.2. The highest BCUT2D eigenvalue weighted by molar-refractivity contribution is 6.31. The number of benzene rings is 1. The van der Waals surface area contributed by atoms with E-state index in [1.54, 1.807) is 0 Å². The zero-order valence-corrected chi connectivity index (χ0v) is 11.1. The number of nitrogens with two attached hydrogens (primary N) is 1. The minimum Gasteiger partial charge on any atom is -0.468 e. The van der Waals surface area contributed by atoms with Crippen LogP contribution in [0.4, 0.5) is 5.95 Å². The Hall–Kier alpha value is -1.81. The van der Waals surface area contributed by atoms with Crippen molar-refractivity contribution >= 4 is 17.5 Å². The summed E-state index contributed by atoms with van der Waals surface area (Å²) in [6, 6.07) is 8.31. The summed E-state index contributed by atoms with van der Waals surface area (Å²) in [6.45, 7) is 0. The fourth-order valence-corrected chi connectivity index (χ4v) is 2.55. The van der Waals surface area contributed by atoms with E-state index in [-0.39, 0.29) is 12.1 Å². The number of ether oxygens (including phenoxy) is 1. The second-order valence-electron chi connectivity index (χ2n) is 4.58. The van der Waals surface area contributed by atoms with Gasteiger partial charge in [0.25, 0.3) is 0 Å². The van der Waals surface area contributed by atoms with Crippen molar-refractivity contribution in [3.8, 4) is 5.88 Å². The van der Waals surface area contributed by atoms with Crippen LogP contribution in [0.3, 0.4) is 0 Å². The molecule has 0 spiro atoms. The van der Waals surface area contributed by atoms with E-state index in [1.165, 1.54) is 17.3 Å². The number of fused-ring (bicyclic) bond motifs is 1. The van der Waals surface area contributed by atoms with Crippen LogP contribution in [0.2, 0.25) is 5.02 Å². The van der Waals surface area contributed by atoms with Gasteiger partial charge >= 0.3 is 0 Å². The fourth-order valence-electron chi connectivity index (χ4n) is 2.41. The van der Waals surface area contributed by atoms with Crippen LogP contribution in [0.15, 0.2) is 30.5 Å². The van der Waals surface area contributed by atoms with E-state index >= 15 is 0 Å². The number of halogens is 1. The molecule has 19 heavy (non-hydrogen) atoms. The van der Waals surface area contributed by atoms with E-state index in [0.29, 0.717) is 10.9 Å². The van der Waals surface area contributed by atoms with Crippen molar-refractivity contribution in [3.63, 3.8) is 0 Å². The number of nitrogen functional groups attached to an aromatic ring is 1. The third-order valence-corrected chi connectivity index (χ3v) is 3.56. The Bertz CT molecular complexity index is 603. The van der Waals surface area contributed by atoms with Crippen LogP contribution in [0, 0.1) is 0 Å². The highest BCUT2D eigenvalue weighted by atomic mass is 35.5. The second-order valence-corrected chi connectivity index (χ2v) is 4.99. The van der Waals surface area contributed by atoms with Gasteiger partial charge in [-0.2, -0.15) is 4.98 Å². The molecule has 0 aliphatic heterocycles. The van der Waals surface area contributed by atoms with Gasteiger partial charge in [-0.3, -0.25) is 0 Å². The first-order valence-corrected chi connectivity index (χ1v) is 6.64. The Morgan fingerprint density at radius 3 is 3.05 bits per heavy atom. The Kier molecular flexibility index (Phi) is 3.25. The number of hydrogen-bond acceptors (Lipinski definition) is 4. The zero-order valence-electron chi connectivity index (χ0n) is 10.3. The van der Waals surface area contributed by atoms with Crippen molar-refractivity contribution in [3.05, 3.63) is 46.6 Å². The largest absolute Gasteiger partial charge is 0.468 e. The molecule has 4 nitrogen and oxygen atoms in total. The van der Waals surface area contributed by atoms with Crippen LogP contribution < -0.4 is 10.5 Å². The number of aromatic nitrogens is 2. The second kappa shape index (κ2) is 5.05. The average Bonchev–Trinajstić information content (AvgIpc) is 2.43. The molecule has 0 saturated carbocycles. The van der Waals surface area contributed by atoms with Gasteiger partial charge in [-0.1, -0.05) is 35.9 Å². The molecule has 1 aliphatic carbocycles. The summed E-state index contributed by atoms with van der Waals surface area (Å²) in [7, 11) is 0. The Morgan fingerprint density at radius 1 is 1.32 bits per heavy atom. The Balaban J connectivity index is 1.90. The molecule has 1 aromatic heterocycles. The summed E-state index contributed by atoms with van der Waals surface area (Å²) in [4.78, 5) is 7.88. The van der Waals surface area contributed by atoms with Crippen LogP contribution in [-0.4, -0.2) is 9.97 Å². The number of rotatable bonds is 2. The Labute approximate surface area is 116 Å². The number of nitrogens with zero attached hydrogens (tertiary/aromatic N) is 2. The number of aryl methyl sites for hydroxylation is 1. The van der Waals surface area contributed by atoms with E-state index in [2.05, 4.69) is 28.2 Å². The van der Waals surface area contributed by atoms with Crippen LogP contribution in [0.1, 0.15) is 30.1 Å². The monoisotopic (exact) mass is 275 g/mol. The molecule has 1 aromatic carbocycles.